The molecule has 1 aromatic heterocycles. The van der Waals surface area contributed by atoms with Gasteiger partial charge in [-0.1, -0.05) is 0 Å². The van der Waals surface area contributed by atoms with Gasteiger partial charge in [0.1, 0.15) is 4.88 Å². The Bertz CT molecular complexity index is 460. The van der Waals surface area contributed by atoms with Gasteiger partial charge in [0.25, 0.3) is 5.91 Å². The second kappa shape index (κ2) is 5.36. The molecule has 7 heteroatoms. The first-order chi connectivity index (χ1) is 8.59. The Hall–Kier alpha value is -1.60. The van der Waals surface area contributed by atoms with Gasteiger partial charge in [-0.25, -0.2) is 0 Å². The molecule has 4 N–H and O–H groups in total. The number of nitrogens with two attached hydrogens (primary N) is 1. The van der Waals surface area contributed by atoms with Crippen molar-refractivity contribution in [2.24, 2.45) is 5.92 Å². The molecule has 2 heterocycles. The molecule has 18 heavy (non-hydrogen) atoms. The zero-order valence-corrected chi connectivity index (χ0v) is 10.6. The maximum Gasteiger partial charge on any atom is 0.309 e. The van der Waals surface area contributed by atoms with Gasteiger partial charge in [0.2, 0.25) is 0 Å². The monoisotopic (exact) mass is 269 g/mol. The third-order valence-corrected chi connectivity index (χ3v) is 3.83. The van der Waals surface area contributed by atoms with Crippen molar-refractivity contribution in [2.45, 2.75) is 0 Å². The molecule has 0 aliphatic carbocycles. The number of carbonyl (C=O) groups is 2. The normalized spacial score (nSPS) is 20.4. The molecule has 6 nitrogen and oxygen atoms in total. The van der Waals surface area contributed by atoms with Gasteiger partial charge in [-0.05, 0) is 11.4 Å². The molecule has 1 atom stereocenters. The fourth-order valence-electron chi connectivity index (χ4n) is 1.90. The lowest BCUT2D eigenvalue weighted by molar-refractivity contribution is -0.141. The number of nitrogens with zero attached hydrogens (tertiary/aromatic N) is 1. The van der Waals surface area contributed by atoms with E-state index in [1.807, 2.05) is 0 Å². The summed E-state index contributed by atoms with van der Waals surface area (Å²) in [6.45, 7) is 1.71. The maximum atomic E-state index is 12.2. The van der Waals surface area contributed by atoms with Gasteiger partial charge >= 0.3 is 5.97 Å². The van der Waals surface area contributed by atoms with Gasteiger partial charge < -0.3 is 21.1 Å². The van der Waals surface area contributed by atoms with Gasteiger partial charge in [-0.15, -0.1) is 11.3 Å². The minimum atomic E-state index is -0.888. The third-order valence-electron chi connectivity index (χ3n) is 2.92. The minimum Gasteiger partial charge on any atom is -0.481 e. The summed E-state index contributed by atoms with van der Waals surface area (Å²) in [5, 5.41) is 13.8. The lowest BCUT2D eigenvalue weighted by Gasteiger charge is -2.21. The summed E-state index contributed by atoms with van der Waals surface area (Å²) in [7, 11) is 0. The summed E-state index contributed by atoms with van der Waals surface area (Å²) in [4.78, 5) is 25.3. The lowest BCUT2D eigenvalue weighted by Crippen LogP contribution is -2.38. The summed E-state index contributed by atoms with van der Waals surface area (Å²) >= 11 is 1.28. The van der Waals surface area contributed by atoms with Crippen LogP contribution >= 0.6 is 11.3 Å². The van der Waals surface area contributed by atoms with E-state index in [0.717, 1.165) is 0 Å². The van der Waals surface area contributed by atoms with E-state index < -0.39 is 11.9 Å². The molecule has 1 aliphatic heterocycles. The van der Waals surface area contributed by atoms with Crippen molar-refractivity contribution < 1.29 is 14.7 Å². The van der Waals surface area contributed by atoms with Crippen molar-refractivity contribution in [2.75, 3.05) is 31.9 Å². The molecule has 1 saturated heterocycles. The predicted molar refractivity (Wildman–Crippen MR) is 68.6 cm³/mol. The number of thiophene rings is 1. The summed E-state index contributed by atoms with van der Waals surface area (Å²) in [6, 6.07) is 1.68. The molecule has 2 rings (SSSR count). The largest absolute Gasteiger partial charge is 0.481 e. The number of amides is 1. The van der Waals surface area contributed by atoms with Crippen LogP contribution in [0.1, 0.15) is 9.67 Å². The molecule has 0 aromatic carbocycles. The van der Waals surface area contributed by atoms with E-state index in [1.165, 1.54) is 11.3 Å². The van der Waals surface area contributed by atoms with Gasteiger partial charge in [0, 0.05) is 26.2 Å². The number of hydrogen-bond donors (Lipinski definition) is 3. The number of carboxylic acid groups (broad SMARTS) is 1. The Kier molecular flexibility index (Phi) is 3.83. The lowest BCUT2D eigenvalue weighted by atomic mass is 10.1. The molecule has 1 aliphatic rings. The maximum absolute atomic E-state index is 12.2. The van der Waals surface area contributed by atoms with Gasteiger partial charge in [-0.2, -0.15) is 0 Å². The van der Waals surface area contributed by atoms with Gasteiger partial charge in [0.05, 0.1) is 11.6 Å². The highest BCUT2D eigenvalue weighted by atomic mass is 32.1. The van der Waals surface area contributed by atoms with E-state index >= 15 is 0 Å². The first kappa shape index (κ1) is 12.8. The third kappa shape index (κ3) is 2.62. The summed E-state index contributed by atoms with van der Waals surface area (Å²) in [5.41, 5.74) is 6.17. The highest BCUT2D eigenvalue weighted by molar-refractivity contribution is 7.12. The van der Waals surface area contributed by atoms with Crippen LogP contribution in [0.5, 0.6) is 0 Å². The minimum absolute atomic E-state index is 0.183. The molecule has 0 spiro atoms. The Labute approximate surface area is 108 Å². The van der Waals surface area contributed by atoms with Crippen molar-refractivity contribution in [3.8, 4) is 0 Å². The molecular weight excluding hydrogens is 254 g/mol. The number of anilines is 1. The van der Waals surface area contributed by atoms with Crippen LogP contribution in [0.3, 0.4) is 0 Å². The van der Waals surface area contributed by atoms with Crippen LogP contribution in [-0.4, -0.2) is 48.1 Å². The van der Waals surface area contributed by atoms with Crippen molar-refractivity contribution in [3.05, 3.63) is 16.3 Å². The van der Waals surface area contributed by atoms with Crippen molar-refractivity contribution in [1.82, 2.24) is 10.2 Å². The average Bonchev–Trinajstić information content (AvgIpc) is 2.63. The highest BCUT2D eigenvalue weighted by Crippen LogP contribution is 2.21. The summed E-state index contributed by atoms with van der Waals surface area (Å²) < 4.78 is 0. The number of hydrogen-bond acceptors (Lipinski definition) is 5. The van der Waals surface area contributed by atoms with E-state index in [0.29, 0.717) is 30.2 Å². The molecule has 0 bridgehead atoms. The number of carboxylic acids is 1. The van der Waals surface area contributed by atoms with Crippen LogP contribution in [0.2, 0.25) is 0 Å². The quantitative estimate of drug-likeness (QED) is 0.706. The van der Waals surface area contributed by atoms with Crippen molar-refractivity contribution >= 4 is 28.9 Å². The van der Waals surface area contributed by atoms with Gasteiger partial charge in [-0.3, -0.25) is 9.59 Å². The van der Waals surface area contributed by atoms with E-state index in [2.05, 4.69) is 5.32 Å². The Morgan fingerprint density at radius 1 is 1.56 bits per heavy atom. The zero-order chi connectivity index (χ0) is 13.1. The van der Waals surface area contributed by atoms with Crippen LogP contribution in [0, 0.1) is 5.92 Å². The van der Waals surface area contributed by atoms with Crippen LogP contribution in [0.4, 0.5) is 5.69 Å². The first-order valence-corrected chi connectivity index (χ1v) is 6.53. The fourth-order valence-corrected chi connectivity index (χ4v) is 2.68. The van der Waals surface area contributed by atoms with Crippen molar-refractivity contribution in [3.63, 3.8) is 0 Å². The predicted octanol–water partition coefficient (Wildman–Crippen LogP) is 0.0765. The van der Waals surface area contributed by atoms with E-state index in [9.17, 15) is 9.59 Å². The number of rotatable bonds is 2. The Balaban J connectivity index is 2.14. The van der Waals surface area contributed by atoms with Crippen LogP contribution in [0.25, 0.3) is 0 Å². The van der Waals surface area contributed by atoms with E-state index in [4.69, 9.17) is 10.8 Å². The smallest absolute Gasteiger partial charge is 0.309 e. The molecule has 0 saturated carbocycles. The second-order valence-electron chi connectivity index (χ2n) is 4.20. The topological polar surface area (TPSA) is 95.7 Å². The molecular formula is C11H15N3O3S. The first-order valence-electron chi connectivity index (χ1n) is 5.65. The summed E-state index contributed by atoms with van der Waals surface area (Å²) in [6.07, 6.45) is 0. The number of aliphatic carboxylic acids is 1. The molecule has 98 valence electrons. The van der Waals surface area contributed by atoms with E-state index in [-0.39, 0.29) is 12.5 Å². The zero-order valence-electron chi connectivity index (χ0n) is 9.76. The standard InChI is InChI=1S/C11H15N3O3S/c12-8-1-4-18-9(8)10(15)14-3-2-13-5-7(6-14)11(16)17/h1,4,7,13H,2-3,5-6,12H2,(H,16,17)/t7-/m1/s1. The SMILES string of the molecule is Nc1ccsc1C(=O)N1CCNC[C@@H](C(=O)O)C1. The average molecular weight is 269 g/mol. The summed E-state index contributed by atoms with van der Waals surface area (Å²) in [5.74, 6) is -1.64. The molecule has 0 unspecified atom stereocenters. The van der Waals surface area contributed by atoms with Crippen LogP contribution < -0.4 is 11.1 Å². The van der Waals surface area contributed by atoms with E-state index in [1.54, 1.807) is 16.3 Å². The number of nitrogen functional groups attached to an aromatic ring is 1. The number of nitrogens with one attached hydrogen (secondary N) is 1. The Morgan fingerprint density at radius 3 is 2.94 bits per heavy atom. The van der Waals surface area contributed by atoms with Crippen molar-refractivity contribution in [1.29, 1.82) is 0 Å². The number of carbonyl (C=O) groups excluding carboxylic acids is 1. The Morgan fingerprint density at radius 2 is 2.33 bits per heavy atom. The molecule has 0 radical (unpaired) electrons. The van der Waals surface area contributed by atoms with Gasteiger partial charge in [0.15, 0.2) is 0 Å². The second-order valence-corrected chi connectivity index (χ2v) is 5.11. The van der Waals surface area contributed by atoms with Crippen LogP contribution in [-0.2, 0) is 4.79 Å². The fraction of sp³-hybridized carbons (Fsp3) is 0.455. The van der Waals surface area contributed by atoms with Crippen LogP contribution in [0.15, 0.2) is 11.4 Å². The molecule has 1 amide bonds. The molecule has 1 fully saturated rings. The molecule has 1 aromatic rings. The highest BCUT2D eigenvalue weighted by Gasteiger charge is 2.28.